The standard InChI is InChI=1S/C10H9BrF2N2O2.ClH/c11-7-2-5(3-14)1-6(8(7)17)9(15)10(12,13)4-16;/h1-2,9,16-17H,4,15H2;1H/t9-;/m1./s1. The highest BCUT2D eigenvalue weighted by Crippen LogP contribution is 2.38. The molecule has 0 bridgehead atoms. The second-order valence-corrected chi connectivity index (χ2v) is 4.26. The molecule has 0 aromatic heterocycles. The second-order valence-electron chi connectivity index (χ2n) is 3.40. The Morgan fingerprint density at radius 2 is 2.06 bits per heavy atom. The van der Waals surface area contributed by atoms with E-state index >= 15 is 0 Å². The lowest BCUT2D eigenvalue weighted by Gasteiger charge is -2.22. The predicted molar refractivity (Wildman–Crippen MR) is 66.7 cm³/mol. The van der Waals surface area contributed by atoms with Crippen LogP contribution in [0.3, 0.4) is 0 Å². The SMILES string of the molecule is Cl.N#Cc1cc(Br)c(O)c([C@@H](N)C(F)(F)CO)c1. The molecule has 4 nitrogen and oxygen atoms in total. The van der Waals surface area contributed by atoms with Crippen LogP contribution in [0.25, 0.3) is 0 Å². The Morgan fingerprint density at radius 3 is 2.50 bits per heavy atom. The van der Waals surface area contributed by atoms with Gasteiger partial charge in [0, 0.05) is 5.56 Å². The maximum Gasteiger partial charge on any atom is 0.289 e. The van der Waals surface area contributed by atoms with Crippen LogP contribution in [0, 0.1) is 11.3 Å². The molecule has 0 amide bonds. The van der Waals surface area contributed by atoms with Crippen molar-refractivity contribution in [1.82, 2.24) is 0 Å². The largest absolute Gasteiger partial charge is 0.506 e. The van der Waals surface area contributed by atoms with Crippen LogP contribution in [-0.2, 0) is 0 Å². The highest BCUT2D eigenvalue weighted by molar-refractivity contribution is 9.10. The molecule has 1 rings (SSSR count). The molecule has 0 spiro atoms. The summed E-state index contributed by atoms with van der Waals surface area (Å²) < 4.78 is 26.5. The maximum absolute atomic E-state index is 13.2. The minimum atomic E-state index is -3.58. The summed E-state index contributed by atoms with van der Waals surface area (Å²) >= 11 is 2.93. The fourth-order valence-corrected chi connectivity index (χ4v) is 1.72. The number of aliphatic hydroxyl groups is 1. The first kappa shape index (κ1) is 17.1. The number of alkyl halides is 2. The van der Waals surface area contributed by atoms with Crippen LogP contribution in [0.15, 0.2) is 16.6 Å². The molecule has 0 saturated heterocycles. The van der Waals surface area contributed by atoms with E-state index in [1.54, 1.807) is 6.07 Å². The summed E-state index contributed by atoms with van der Waals surface area (Å²) in [5, 5.41) is 26.8. The maximum atomic E-state index is 13.2. The smallest absolute Gasteiger partial charge is 0.289 e. The molecule has 18 heavy (non-hydrogen) atoms. The van der Waals surface area contributed by atoms with Crippen LogP contribution in [0.4, 0.5) is 8.78 Å². The van der Waals surface area contributed by atoms with Crippen LogP contribution in [0.5, 0.6) is 5.75 Å². The molecular formula is C10H10BrClF2N2O2. The van der Waals surface area contributed by atoms with Gasteiger partial charge in [0.1, 0.15) is 18.4 Å². The molecule has 8 heteroatoms. The van der Waals surface area contributed by atoms with Crippen molar-refractivity contribution in [2.75, 3.05) is 6.61 Å². The van der Waals surface area contributed by atoms with Gasteiger partial charge in [-0.15, -0.1) is 12.4 Å². The summed E-state index contributed by atoms with van der Waals surface area (Å²) in [6.45, 7) is -1.44. The first-order valence-corrected chi connectivity index (χ1v) is 5.29. The summed E-state index contributed by atoms with van der Waals surface area (Å²) in [5.74, 6) is -4.05. The lowest BCUT2D eigenvalue weighted by atomic mass is 9.99. The van der Waals surface area contributed by atoms with Gasteiger partial charge >= 0.3 is 0 Å². The molecule has 1 aromatic rings. The Labute approximate surface area is 117 Å². The summed E-state index contributed by atoms with van der Waals surface area (Å²) in [6, 6.07) is 2.21. The van der Waals surface area contributed by atoms with Gasteiger partial charge in [0.05, 0.1) is 16.1 Å². The molecule has 1 aromatic carbocycles. The van der Waals surface area contributed by atoms with Gasteiger partial charge < -0.3 is 15.9 Å². The van der Waals surface area contributed by atoms with E-state index in [4.69, 9.17) is 16.1 Å². The third kappa shape index (κ3) is 3.29. The molecule has 0 aliphatic carbocycles. The number of nitrogens with two attached hydrogens (primary N) is 1. The van der Waals surface area contributed by atoms with Gasteiger partial charge in [0.15, 0.2) is 0 Å². The zero-order chi connectivity index (χ0) is 13.2. The molecule has 4 N–H and O–H groups in total. The normalized spacial score (nSPS) is 12.4. The van der Waals surface area contributed by atoms with Crippen molar-refractivity contribution in [2.24, 2.45) is 5.73 Å². The van der Waals surface area contributed by atoms with Crippen LogP contribution in [-0.4, -0.2) is 22.7 Å². The van der Waals surface area contributed by atoms with Gasteiger partial charge in [0.2, 0.25) is 0 Å². The molecule has 0 unspecified atom stereocenters. The van der Waals surface area contributed by atoms with Gasteiger partial charge in [-0.1, -0.05) is 0 Å². The van der Waals surface area contributed by atoms with E-state index in [9.17, 15) is 13.9 Å². The lowest BCUT2D eigenvalue weighted by Crippen LogP contribution is -2.36. The molecule has 0 heterocycles. The number of phenols is 1. The van der Waals surface area contributed by atoms with Gasteiger partial charge in [0.25, 0.3) is 5.92 Å². The zero-order valence-electron chi connectivity index (χ0n) is 8.90. The minimum absolute atomic E-state index is 0. The van der Waals surface area contributed by atoms with E-state index in [2.05, 4.69) is 15.9 Å². The number of halogens is 4. The first-order valence-electron chi connectivity index (χ1n) is 4.50. The second kappa shape index (κ2) is 6.29. The third-order valence-electron chi connectivity index (χ3n) is 2.22. The van der Waals surface area contributed by atoms with Gasteiger partial charge in [-0.2, -0.15) is 5.26 Å². The van der Waals surface area contributed by atoms with Crippen molar-refractivity contribution in [3.05, 3.63) is 27.7 Å². The monoisotopic (exact) mass is 342 g/mol. The summed E-state index contributed by atoms with van der Waals surface area (Å²) in [6.07, 6.45) is 0. The van der Waals surface area contributed by atoms with Crippen molar-refractivity contribution in [2.45, 2.75) is 12.0 Å². The highest BCUT2D eigenvalue weighted by atomic mass is 79.9. The molecule has 0 aliphatic rings. The van der Waals surface area contributed by atoms with Crippen LogP contribution in [0.1, 0.15) is 17.2 Å². The lowest BCUT2D eigenvalue weighted by molar-refractivity contribution is -0.0716. The Hall–Kier alpha value is -0.940. The number of hydrogen-bond donors (Lipinski definition) is 3. The number of phenolic OH excluding ortho intramolecular Hbond substituents is 1. The van der Waals surface area contributed by atoms with E-state index in [-0.39, 0.29) is 28.0 Å². The van der Waals surface area contributed by atoms with E-state index < -0.39 is 24.3 Å². The molecule has 1 atom stereocenters. The van der Waals surface area contributed by atoms with Crippen LogP contribution >= 0.6 is 28.3 Å². The Bertz CT molecular complexity index is 480. The number of nitrogens with zero attached hydrogens (tertiary/aromatic N) is 1. The molecule has 0 aliphatic heterocycles. The number of aliphatic hydroxyl groups excluding tert-OH is 1. The quantitative estimate of drug-likeness (QED) is 0.784. The van der Waals surface area contributed by atoms with Crippen molar-refractivity contribution >= 4 is 28.3 Å². The first-order chi connectivity index (χ1) is 7.83. The Morgan fingerprint density at radius 1 is 1.50 bits per heavy atom. The van der Waals surface area contributed by atoms with Crippen LogP contribution in [0.2, 0.25) is 0 Å². The van der Waals surface area contributed by atoms with Crippen molar-refractivity contribution in [3.8, 4) is 11.8 Å². The van der Waals surface area contributed by atoms with Gasteiger partial charge in [-0.3, -0.25) is 0 Å². The van der Waals surface area contributed by atoms with Gasteiger partial charge in [-0.05, 0) is 28.1 Å². The minimum Gasteiger partial charge on any atom is -0.506 e. The number of aromatic hydroxyl groups is 1. The summed E-state index contributed by atoms with van der Waals surface area (Å²) in [7, 11) is 0. The van der Waals surface area contributed by atoms with Crippen LogP contribution < -0.4 is 5.73 Å². The molecule has 0 fully saturated rings. The zero-order valence-corrected chi connectivity index (χ0v) is 11.3. The highest BCUT2D eigenvalue weighted by Gasteiger charge is 2.39. The average molecular weight is 344 g/mol. The van der Waals surface area contributed by atoms with Crippen molar-refractivity contribution in [1.29, 1.82) is 5.26 Å². The van der Waals surface area contributed by atoms with E-state index in [0.717, 1.165) is 6.07 Å². The average Bonchev–Trinajstić information content (AvgIpc) is 2.31. The molecule has 0 radical (unpaired) electrons. The summed E-state index contributed by atoms with van der Waals surface area (Å²) in [4.78, 5) is 0. The fourth-order valence-electron chi connectivity index (χ4n) is 1.25. The molecule has 0 saturated carbocycles. The Balaban J connectivity index is 0.00000289. The summed E-state index contributed by atoms with van der Waals surface area (Å²) in [5.41, 5.74) is 5.06. The number of benzene rings is 1. The van der Waals surface area contributed by atoms with E-state index in [1.165, 1.54) is 6.07 Å². The van der Waals surface area contributed by atoms with Crippen molar-refractivity contribution in [3.63, 3.8) is 0 Å². The molecule has 100 valence electrons. The fraction of sp³-hybridized carbons (Fsp3) is 0.300. The third-order valence-corrected chi connectivity index (χ3v) is 2.83. The van der Waals surface area contributed by atoms with E-state index in [1.807, 2.05) is 0 Å². The van der Waals surface area contributed by atoms with E-state index in [0.29, 0.717) is 0 Å². The number of nitriles is 1. The predicted octanol–water partition coefficient (Wildman–Crippen LogP) is 2.08. The van der Waals surface area contributed by atoms with Gasteiger partial charge in [-0.25, -0.2) is 8.78 Å². The van der Waals surface area contributed by atoms with Crippen molar-refractivity contribution < 1.29 is 19.0 Å². The number of hydrogen-bond acceptors (Lipinski definition) is 4. The topological polar surface area (TPSA) is 90.3 Å². The Kier molecular flexibility index (Phi) is 5.96. The molecular weight excluding hydrogens is 333 g/mol. The number of rotatable bonds is 3.